The lowest BCUT2D eigenvalue weighted by Crippen LogP contribution is -2.39. The van der Waals surface area contributed by atoms with Gasteiger partial charge in [0.25, 0.3) is 5.91 Å². The van der Waals surface area contributed by atoms with Crippen LogP contribution >= 0.6 is 0 Å². The van der Waals surface area contributed by atoms with Crippen molar-refractivity contribution in [1.29, 1.82) is 0 Å². The Balaban J connectivity index is 1.68. The fraction of sp³-hybridized carbons (Fsp3) is 0.300. The number of carbonyl (C=O) groups excluding carboxylic acids is 2. The molecular formula is C20H24N2O3. The van der Waals surface area contributed by atoms with Gasteiger partial charge in [-0.2, -0.15) is 0 Å². The Morgan fingerprint density at radius 3 is 2.24 bits per heavy atom. The smallest absolute Gasteiger partial charge is 0.258 e. The van der Waals surface area contributed by atoms with Gasteiger partial charge in [-0.05, 0) is 24.1 Å². The van der Waals surface area contributed by atoms with Crippen molar-refractivity contribution in [2.24, 2.45) is 0 Å². The summed E-state index contributed by atoms with van der Waals surface area (Å²) in [4.78, 5) is 25.3. The van der Waals surface area contributed by atoms with E-state index in [1.807, 2.05) is 48.5 Å². The van der Waals surface area contributed by atoms with E-state index in [-0.39, 0.29) is 18.4 Å². The van der Waals surface area contributed by atoms with E-state index in [4.69, 9.17) is 4.74 Å². The maximum Gasteiger partial charge on any atom is 0.258 e. The van der Waals surface area contributed by atoms with Crippen molar-refractivity contribution in [3.63, 3.8) is 0 Å². The lowest BCUT2D eigenvalue weighted by molar-refractivity contribution is -0.129. The van der Waals surface area contributed by atoms with Crippen LogP contribution in [0.15, 0.2) is 60.7 Å². The highest BCUT2D eigenvalue weighted by Crippen LogP contribution is 2.07. The Labute approximate surface area is 148 Å². The predicted octanol–water partition coefficient (Wildman–Crippen LogP) is 2.27. The summed E-state index contributed by atoms with van der Waals surface area (Å²) >= 11 is 0. The Morgan fingerprint density at radius 1 is 0.960 bits per heavy atom. The molecule has 0 heterocycles. The molecule has 0 saturated heterocycles. The van der Waals surface area contributed by atoms with Crippen molar-refractivity contribution < 1.29 is 14.3 Å². The summed E-state index contributed by atoms with van der Waals surface area (Å²) in [6, 6.07) is 19.2. The van der Waals surface area contributed by atoms with Gasteiger partial charge in [-0.3, -0.25) is 9.59 Å². The normalized spacial score (nSPS) is 10.1. The summed E-state index contributed by atoms with van der Waals surface area (Å²) in [6.45, 7) is 3.04. The molecule has 0 bridgehead atoms. The van der Waals surface area contributed by atoms with E-state index in [1.54, 1.807) is 24.0 Å². The second-order valence-electron chi connectivity index (χ2n) is 5.69. The van der Waals surface area contributed by atoms with E-state index < -0.39 is 0 Å². The van der Waals surface area contributed by atoms with Gasteiger partial charge in [0.1, 0.15) is 5.75 Å². The number of hydrogen-bond donors (Lipinski definition) is 1. The van der Waals surface area contributed by atoms with Crippen LogP contribution in [0.4, 0.5) is 0 Å². The highest BCUT2D eigenvalue weighted by atomic mass is 16.5. The van der Waals surface area contributed by atoms with Gasteiger partial charge < -0.3 is 15.0 Å². The van der Waals surface area contributed by atoms with Crippen LogP contribution in [0.5, 0.6) is 5.75 Å². The molecule has 2 aromatic rings. The van der Waals surface area contributed by atoms with Gasteiger partial charge in [0.05, 0.1) is 0 Å². The van der Waals surface area contributed by atoms with E-state index in [0.717, 1.165) is 6.42 Å². The van der Waals surface area contributed by atoms with Crippen LogP contribution in [-0.4, -0.2) is 43.0 Å². The monoisotopic (exact) mass is 340 g/mol. The summed E-state index contributed by atoms with van der Waals surface area (Å²) in [5, 5.41) is 2.78. The number of nitrogens with zero attached hydrogens (tertiary/aromatic N) is 1. The summed E-state index contributed by atoms with van der Waals surface area (Å²) < 4.78 is 5.39. The molecule has 5 nitrogen and oxygen atoms in total. The van der Waals surface area contributed by atoms with Crippen molar-refractivity contribution in [2.45, 2.75) is 13.3 Å². The summed E-state index contributed by atoms with van der Waals surface area (Å²) in [6.07, 6.45) is 0.797. The van der Waals surface area contributed by atoms with E-state index >= 15 is 0 Å². The molecule has 1 N–H and O–H groups in total. The quantitative estimate of drug-likeness (QED) is 0.762. The maximum absolute atomic E-state index is 11.8. The Kier molecular flexibility index (Phi) is 7.50. The van der Waals surface area contributed by atoms with Gasteiger partial charge in [0.15, 0.2) is 6.61 Å². The van der Waals surface area contributed by atoms with Crippen LogP contribution in [0, 0.1) is 0 Å². The number of hydrogen-bond acceptors (Lipinski definition) is 3. The zero-order chi connectivity index (χ0) is 17.9. The van der Waals surface area contributed by atoms with Gasteiger partial charge in [0.2, 0.25) is 5.91 Å². The molecule has 0 radical (unpaired) electrons. The Morgan fingerprint density at radius 2 is 1.60 bits per heavy atom. The molecule has 0 aliphatic carbocycles. The van der Waals surface area contributed by atoms with Crippen LogP contribution in [0.3, 0.4) is 0 Å². The van der Waals surface area contributed by atoms with Gasteiger partial charge in [-0.15, -0.1) is 0 Å². The van der Waals surface area contributed by atoms with E-state index in [0.29, 0.717) is 25.4 Å². The number of rotatable bonds is 9. The van der Waals surface area contributed by atoms with Gasteiger partial charge in [0, 0.05) is 26.6 Å². The molecule has 0 saturated carbocycles. The minimum Gasteiger partial charge on any atom is -0.484 e. The number of nitrogens with one attached hydrogen (secondary N) is 1. The molecule has 0 spiro atoms. The lowest BCUT2D eigenvalue weighted by atomic mass is 10.1. The Hall–Kier alpha value is -2.82. The van der Waals surface area contributed by atoms with Crippen LogP contribution in [0.25, 0.3) is 0 Å². The zero-order valence-corrected chi connectivity index (χ0v) is 14.5. The van der Waals surface area contributed by atoms with Crippen molar-refractivity contribution in [3.05, 3.63) is 66.2 Å². The average Bonchev–Trinajstić information content (AvgIpc) is 2.64. The summed E-state index contributed by atoms with van der Waals surface area (Å²) in [5.41, 5.74) is 1.19. The van der Waals surface area contributed by atoms with Gasteiger partial charge in [-0.25, -0.2) is 0 Å². The molecule has 0 aliphatic heterocycles. The predicted molar refractivity (Wildman–Crippen MR) is 97.3 cm³/mol. The number of carbonyl (C=O) groups is 2. The second-order valence-corrected chi connectivity index (χ2v) is 5.69. The first kappa shape index (κ1) is 18.5. The van der Waals surface area contributed by atoms with E-state index in [2.05, 4.69) is 5.32 Å². The molecule has 0 fully saturated rings. The first-order valence-corrected chi connectivity index (χ1v) is 8.39. The second kappa shape index (κ2) is 10.1. The maximum atomic E-state index is 11.8. The molecule has 2 aromatic carbocycles. The van der Waals surface area contributed by atoms with E-state index in [9.17, 15) is 9.59 Å². The minimum atomic E-state index is -0.199. The third-order valence-electron chi connectivity index (χ3n) is 3.78. The van der Waals surface area contributed by atoms with Crippen molar-refractivity contribution in [3.8, 4) is 5.75 Å². The highest BCUT2D eigenvalue weighted by molar-refractivity contribution is 5.77. The van der Waals surface area contributed by atoms with Gasteiger partial charge >= 0.3 is 0 Å². The molecule has 0 aromatic heterocycles. The fourth-order valence-electron chi connectivity index (χ4n) is 2.38. The average molecular weight is 340 g/mol. The van der Waals surface area contributed by atoms with Crippen LogP contribution < -0.4 is 10.1 Å². The molecular weight excluding hydrogens is 316 g/mol. The molecule has 25 heavy (non-hydrogen) atoms. The van der Waals surface area contributed by atoms with E-state index in [1.165, 1.54) is 5.56 Å². The first-order chi connectivity index (χ1) is 12.1. The van der Waals surface area contributed by atoms with Crippen LogP contribution in [0.2, 0.25) is 0 Å². The molecule has 2 rings (SSSR count). The molecule has 5 heteroatoms. The van der Waals surface area contributed by atoms with Crippen molar-refractivity contribution in [2.75, 3.05) is 26.2 Å². The number of amides is 2. The van der Waals surface area contributed by atoms with Crippen molar-refractivity contribution in [1.82, 2.24) is 10.2 Å². The largest absolute Gasteiger partial charge is 0.484 e. The third kappa shape index (κ3) is 7.08. The molecule has 2 amide bonds. The van der Waals surface area contributed by atoms with Gasteiger partial charge in [-0.1, -0.05) is 48.5 Å². The highest BCUT2D eigenvalue weighted by Gasteiger charge is 2.09. The summed E-state index contributed by atoms with van der Waals surface area (Å²) in [7, 11) is 0. The fourth-order valence-corrected chi connectivity index (χ4v) is 2.38. The number of benzene rings is 2. The number of ether oxygens (including phenoxy) is 1. The summed E-state index contributed by atoms with van der Waals surface area (Å²) in [5.74, 6) is 0.465. The SMILES string of the molecule is CC(=O)N(CCNC(=O)COc1ccccc1)CCc1ccccc1. The molecule has 0 unspecified atom stereocenters. The zero-order valence-electron chi connectivity index (χ0n) is 14.5. The Bertz CT molecular complexity index is 659. The minimum absolute atomic E-state index is 0.00529. The molecule has 132 valence electrons. The lowest BCUT2D eigenvalue weighted by Gasteiger charge is -2.21. The molecule has 0 aliphatic rings. The van der Waals surface area contributed by atoms with Crippen LogP contribution in [-0.2, 0) is 16.0 Å². The molecule has 0 atom stereocenters. The standard InChI is InChI=1S/C20H24N2O3/c1-17(23)22(14-12-18-8-4-2-5-9-18)15-13-21-20(24)16-25-19-10-6-3-7-11-19/h2-11H,12-16H2,1H3,(H,21,24). The first-order valence-electron chi connectivity index (χ1n) is 8.39. The van der Waals surface area contributed by atoms with Crippen LogP contribution in [0.1, 0.15) is 12.5 Å². The third-order valence-corrected chi connectivity index (χ3v) is 3.78. The van der Waals surface area contributed by atoms with Crippen molar-refractivity contribution >= 4 is 11.8 Å². The number of para-hydroxylation sites is 1. The topological polar surface area (TPSA) is 58.6 Å².